The SMILES string of the molecule is OC(F)(C(F)(F)Cl)C(F)(F)Cl. The molecule has 8 heteroatoms. The van der Waals surface area contributed by atoms with Crippen LogP contribution in [0.2, 0.25) is 0 Å². The van der Waals surface area contributed by atoms with Crippen molar-refractivity contribution in [2.75, 3.05) is 0 Å². The fourth-order valence-electron chi connectivity index (χ4n) is 0.161. The third-order valence-corrected chi connectivity index (χ3v) is 1.25. The summed E-state index contributed by atoms with van der Waals surface area (Å²) in [6, 6.07) is 0. The maximum Gasteiger partial charge on any atom is 0.387 e. The maximum absolute atomic E-state index is 11.9. The molecule has 0 bridgehead atoms. The summed E-state index contributed by atoms with van der Waals surface area (Å²) in [5.74, 6) is -5.26. The molecule has 1 nitrogen and oxygen atoms in total. The van der Waals surface area contributed by atoms with Crippen LogP contribution >= 0.6 is 23.2 Å². The molecule has 0 heterocycles. The first-order valence-electron chi connectivity index (χ1n) is 2.05. The van der Waals surface area contributed by atoms with Crippen molar-refractivity contribution in [2.24, 2.45) is 0 Å². The highest BCUT2D eigenvalue weighted by molar-refractivity contribution is 6.26. The molecule has 0 aromatic rings. The number of hydrogen-bond acceptors (Lipinski definition) is 1. The van der Waals surface area contributed by atoms with E-state index in [0.29, 0.717) is 0 Å². The molecule has 0 aliphatic heterocycles. The summed E-state index contributed by atoms with van der Waals surface area (Å²) < 4.78 is 58.2. The molecule has 0 fully saturated rings. The number of halogens is 7. The van der Waals surface area contributed by atoms with Gasteiger partial charge in [-0.1, -0.05) is 0 Å². The van der Waals surface area contributed by atoms with Crippen LogP contribution < -0.4 is 0 Å². The van der Waals surface area contributed by atoms with Crippen LogP contribution in [0.1, 0.15) is 0 Å². The van der Waals surface area contributed by atoms with Gasteiger partial charge in [-0.25, -0.2) is 0 Å². The molecule has 1 N–H and O–H groups in total. The second-order valence-corrected chi connectivity index (χ2v) is 2.57. The predicted octanol–water partition coefficient (Wildman–Crippen LogP) is 2.31. The van der Waals surface area contributed by atoms with Crippen molar-refractivity contribution in [3.8, 4) is 0 Å². The van der Waals surface area contributed by atoms with E-state index in [0.717, 1.165) is 0 Å². The Morgan fingerprint density at radius 2 is 1.00 bits per heavy atom. The molecule has 0 saturated carbocycles. The lowest BCUT2D eigenvalue weighted by molar-refractivity contribution is -0.287. The Hall–Kier alpha value is 0.190. The molecular weight excluding hydrogens is 218 g/mol. The molecule has 0 aromatic carbocycles. The van der Waals surface area contributed by atoms with Gasteiger partial charge in [0.25, 0.3) is 0 Å². The van der Waals surface area contributed by atoms with Crippen molar-refractivity contribution < 1.29 is 27.1 Å². The summed E-state index contributed by atoms with van der Waals surface area (Å²) in [6.07, 6.45) is 0. The summed E-state index contributed by atoms with van der Waals surface area (Å²) in [5.41, 5.74) is 0. The van der Waals surface area contributed by atoms with Crippen molar-refractivity contribution in [1.82, 2.24) is 0 Å². The van der Waals surface area contributed by atoms with Crippen LogP contribution in [0.4, 0.5) is 22.0 Å². The van der Waals surface area contributed by atoms with Gasteiger partial charge in [0.05, 0.1) is 0 Å². The second kappa shape index (κ2) is 2.60. The first kappa shape index (κ1) is 11.2. The van der Waals surface area contributed by atoms with E-state index in [2.05, 4.69) is 23.2 Å². The summed E-state index contributed by atoms with van der Waals surface area (Å²) in [7, 11) is 0. The topological polar surface area (TPSA) is 20.2 Å². The lowest BCUT2D eigenvalue weighted by atomic mass is 10.3. The Labute approximate surface area is 67.7 Å². The number of alkyl halides is 7. The van der Waals surface area contributed by atoms with E-state index in [1.807, 2.05) is 0 Å². The first-order chi connectivity index (χ1) is 4.50. The van der Waals surface area contributed by atoms with Crippen molar-refractivity contribution in [1.29, 1.82) is 0 Å². The van der Waals surface area contributed by atoms with Crippen LogP contribution in [0.25, 0.3) is 0 Å². The van der Waals surface area contributed by atoms with Crippen LogP contribution in [0.3, 0.4) is 0 Å². The van der Waals surface area contributed by atoms with Crippen LogP contribution in [0, 0.1) is 0 Å². The molecule has 0 rings (SSSR count). The van der Waals surface area contributed by atoms with E-state index in [9.17, 15) is 22.0 Å². The number of hydrogen-bond donors (Lipinski definition) is 1. The van der Waals surface area contributed by atoms with Crippen molar-refractivity contribution >= 4 is 23.2 Å². The molecule has 0 aliphatic carbocycles. The summed E-state index contributed by atoms with van der Waals surface area (Å²) in [5, 5.41) is -2.52. The molecule has 0 spiro atoms. The van der Waals surface area contributed by atoms with Gasteiger partial charge in [0, 0.05) is 0 Å². The maximum atomic E-state index is 11.9. The average Bonchev–Trinajstić information content (AvgIpc) is 1.58. The predicted molar refractivity (Wildman–Crippen MR) is 27.7 cm³/mol. The van der Waals surface area contributed by atoms with Gasteiger partial charge in [-0.05, 0) is 23.2 Å². The van der Waals surface area contributed by atoms with Crippen molar-refractivity contribution in [3.63, 3.8) is 0 Å². The van der Waals surface area contributed by atoms with E-state index >= 15 is 0 Å². The number of aliphatic hydroxyl groups is 1. The Kier molecular flexibility index (Phi) is 2.65. The minimum absolute atomic E-state index is 3.79. The molecule has 0 radical (unpaired) electrons. The highest BCUT2D eigenvalue weighted by Crippen LogP contribution is 2.46. The molecule has 0 unspecified atom stereocenters. The smallest absolute Gasteiger partial charge is 0.350 e. The minimum Gasteiger partial charge on any atom is -0.350 e. The van der Waals surface area contributed by atoms with Crippen LogP contribution in [-0.2, 0) is 0 Å². The van der Waals surface area contributed by atoms with Gasteiger partial charge in [0.15, 0.2) is 0 Å². The molecule has 68 valence electrons. The van der Waals surface area contributed by atoms with Gasteiger partial charge in [-0.15, -0.1) is 0 Å². The molecule has 0 atom stereocenters. The zero-order valence-corrected chi connectivity index (χ0v) is 6.10. The van der Waals surface area contributed by atoms with Crippen molar-refractivity contribution in [2.45, 2.75) is 16.6 Å². The van der Waals surface area contributed by atoms with Gasteiger partial charge in [-0.2, -0.15) is 22.0 Å². The standard InChI is InChI=1S/C3HCl2F5O/c4-2(7,8)1(6,11)3(5,9)10/h11H. The van der Waals surface area contributed by atoms with Gasteiger partial charge in [0.1, 0.15) is 0 Å². The summed E-state index contributed by atoms with van der Waals surface area (Å²) in [4.78, 5) is 0. The van der Waals surface area contributed by atoms with Crippen molar-refractivity contribution in [3.05, 3.63) is 0 Å². The zero-order valence-electron chi connectivity index (χ0n) is 4.59. The molecule has 0 aromatic heterocycles. The van der Waals surface area contributed by atoms with E-state index in [1.54, 1.807) is 0 Å². The first-order valence-corrected chi connectivity index (χ1v) is 2.80. The lowest BCUT2D eigenvalue weighted by Crippen LogP contribution is -2.51. The largest absolute Gasteiger partial charge is 0.387 e. The van der Waals surface area contributed by atoms with E-state index < -0.39 is 16.6 Å². The minimum atomic E-state index is -5.26. The third kappa shape index (κ3) is 2.07. The highest BCUT2D eigenvalue weighted by Gasteiger charge is 2.68. The normalized spacial score (nSPS) is 15.3. The van der Waals surface area contributed by atoms with Gasteiger partial charge in [-0.3, -0.25) is 0 Å². The Bertz CT molecular complexity index is 131. The molecule has 0 amide bonds. The van der Waals surface area contributed by atoms with E-state index in [4.69, 9.17) is 5.11 Å². The Morgan fingerprint density at radius 3 is 1.00 bits per heavy atom. The van der Waals surface area contributed by atoms with Crippen LogP contribution in [0.5, 0.6) is 0 Å². The summed E-state index contributed by atoms with van der Waals surface area (Å²) >= 11 is 7.57. The van der Waals surface area contributed by atoms with E-state index in [-0.39, 0.29) is 0 Å². The Balaban J connectivity index is 4.75. The summed E-state index contributed by atoms with van der Waals surface area (Å²) in [6.45, 7) is 0. The average molecular weight is 219 g/mol. The van der Waals surface area contributed by atoms with E-state index in [1.165, 1.54) is 0 Å². The highest BCUT2D eigenvalue weighted by atomic mass is 35.5. The number of rotatable bonds is 2. The fourth-order valence-corrected chi connectivity index (χ4v) is 0.446. The fraction of sp³-hybridized carbons (Fsp3) is 1.00. The quantitative estimate of drug-likeness (QED) is 0.558. The lowest BCUT2D eigenvalue weighted by Gasteiger charge is -2.26. The molecule has 0 aliphatic rings. The second-order valence-electron chi connectivity index (χ2n) is 1.62. The third-order valence-electron chi connectivity index (χ3n) is 0.751. The van der Waals surface area contributed by atoms with Gasteiger partial charge in [0.2, 0.25) is 0 Å². The molecule has 0 saturated heterocycles. The van der Waals surface area contributed by atoms with Crippen LogP contribution in [-0.4, -0.2) is 21.7 Å². The monoisotopic (exact) mass is 218 g/mol. The Morgan fingerprint density at radius 1 is 0.818 bits per heavy atom. The molecular formula is C3HCl2F5O. The van der Waals surface area contributed by atoms with Gasteiger partial charge < -0.3 is 5.11 Å². The van der Waals surface area contributed by atoms with Gasteiger partial charge >= 0.3 is 16.6 Å². The molecule has 11 heavy (non-hydrogen) atoms. The van der Waals surface area contributed by atoms with Crippen LogP contribution in [0.15, 0.2) is 0 Å². The zero-order chi connectivity index (χ0) is 9.50.